The molecule has 0 heterocycles. The van der Waals surface area contributed by atoms with Crippen molar-refractivity contribution in [2.75, 3.05) is 11.9 Å². The average molecular weight is 484 g/mol. The van der Waals surface area contributed by atoms with E-state index in [0.717, 1.165) is 5.56 Å². The predicted octanol–water partition coefficient (Wildman–Crippen LogP) is 4.94. The molecule has 0 fully saturated rings. The molecule has 3 aromatic carbocycles. The normalized spacial score (nSPS) is 10.7. The molecule has 34 heavy (non-hydrogen) atoms. The Morgan fingerprint density at radius 2 is 1.76 bits per heavy atom. The first-order valence-electron chi connectivity index (χ1n) is 10.5. The maximum atomic E-state index is 13.6. The number of amides is 2. The van der Waals surface area contributed by atoms with Crippen molar-refractivity contribution in [3.63, 3.8) is 0 Å². The first-order chi connectivity index (χ1) is 16.5. The predicted molar refractivity (Wildman–Crippen MR) is 129 cm³/mol. The molecular formula is C25H23ClFN3O4. The van der Waals surface area contributed by atoms with Gasteiger partial charge >= 0.3 is 0 Å². The quantitative estimate of drug-likeness (QED) is 0.243. The topological polar surface area (TPSA) is 89.0 Å². The number of benzene rings is 3. The summed E-state index contributed by atoms with van der Waals surface area (Å²) in [6.07, 6.45) is 0.901. The molecule has 0 bridgehead atoms. The first kappa shape index (κ1) is 24.7. The molecule has 3 aromatic rings. The van der Waals surface area contributed by atoms with Crippen molar-refractivity contribution < 1.29 is 23.5 Å². The third-order valence-corrected chi connectivity index (χ3v) is 4.85. The molecular weight excluding hydrogens is 461 g/mol. The van der Waals surface area contributed by atoms with Crippen molar-refractivity contribution in [3.8, 4) is 11.5 Å². The summed E-state index contributed by atoms with van der Waals surface area (Å²) in [4.78, 5) is 23.9. The van der Waals surface area contributed by atoms with Gasteiger partial charge in [-0.3, -0.25) is 9.59 Å². The third-order valence-electron chi connectivity index (χ3n) is 4.48. The Morgan fingerprint density at radius 1 is 1.00 bits per heavy atom. The Morgan fingerprint density at radius 3 is 2.53 bits per heavy atom. The maximum absolute atomic E-state index is 13.6. The summed E-state index contributed by atoms with van der Waals surface area (Å²) in [7, 11) is 0. The van der Waals surface area contributed by atoms with E-state index in [2.05, 4.69) is 15.8 Å². The fraction of sp³-hybridized carbons (Fsp3) is 0.160. The lowest BCUT2D eigenvalue weighted by Gasteiger charge is -2.13. The van der Waals surface area contributed by atoms with Crippen LogP contribution in [0.3, 0.4) is 0 Å². The van der Waals surface area contributed by atoms with E-state index in [0.29, 0.717) is 28.7 Å². The second kappa shape index (κ2) is 12.4. The molecule has 0 aliphatic heterocycles. The van der Waals surface area contributed by atoms with Crippen LogP contribution in [-0.4, -0.2) is 24.6 Å². The lowest BCUT2D eigenvalue weighted by Crippen LogP contribution is -2.24. The van der Waals surface area contributed by atoms with Gasteiger partial charge in [0.1, 0.15) is 18.8 Å². The van der Waals surface area contributed by atoms with Gasteiger partial charge in [0.2, 0.25) is 11.8 Å². The lowest BCUT2D eigenvalue weighted by molar-refractivity contribution is -0.126. The van der Waals surface area contributed by atoms with E-state index >= 15 is 0 Å². The van der Waals surface area contributed by atoms with E-state index in [1.54, 1.807) is 30.3 Å². The van der Waals surface area contributed by atoms with Crippen molar-refractivity contribution in [3.05, 3.63) is 88.7 Å². The Kier molecular flexibility index (Phi) is 8.99. The van der Waals surface area contributed by atoms with Gasteiger partial charge in [-0.15, -0.1) is 0 Å². The molecule has 0 atom stereocenters. The maximum Gasteiger partial charge on any atom is 0.249 e. The molecule has 0 aliphatic rings. The van der Waals surface area contributed by atoms with Crippen LogP contribution in [0, 0.1) is 5.82 Å². The summed E-state index contributed by atoms with van der Waals surface area (Å²) >= 11 is 6.17. The fourth-order valence-electron chi connectivity index (χ4n) is 2.88. The van der Waals surface area contributed by atoms with Gasteiger partial charge in [-0.05, 0) is 48.9 Å². The highest BCUT2D eigenvalue weighted by atomic mass is 35.5. The van der Waals surface area contributed by atoms with Crippen molar-refractivity contribution in [2.24, 2.45) is 5.10 Å². The number of para-hydroxylation sites is 1. The molecule has 0 aliphatic carbocycles. The highest BCUT2D eigenvalue weighted by Gasteiger charge is 2.11. The minimum atomic E-state index is -0.656. The molecule has 9 heteroatoms. The molecule has 2 N–H and O–H groups in total. The number of hydrazone groups is 1. The number of hydrogen-bond donors (Lipinski definition) is 2. The van der Waals surface area contributed by atoms with E-state index < -0.39 is 24.1 Å². The van der Waals surface area contributed by atoms with Gasteiger partial charge in [0.25, 0.3) is 0 Å². The highest BCUT2D eigenvalue weighted by molar-refractivity contribution is 6.31. The molecule has 0 aromatic heterocycles. The van der Waals surface area contributed by atoms with E-state index in [-0.39, 0.29) is 12.3 Å². The number of nitrogens with one attached hydrogen (secondary N) is 2. The van der Waals surface area contributed by atoms with Gasteiger partial charge < -0.3 is 14.8 Å². The Bertz CT molecular complexity index is 1190. The number of carbonyl (C=O) groups is 2. The molecule has 176 valence electrons. The number of nitrogens with zero attached hydrogens (tertiary/aromatic N) is 1. The van der Waals surface area contributed by atoms with E-state index in [9.17, 15) is 14.0 Å². The van der Waals surface area contributed by atoms with Gasteiger partial charge in [0.05, 0.1) is 18.5 Å². The van der Waals surface area contributed by atoms with E-state index in [1.807, 2.05) is 25.1 Å². The van der Waals surface area contributed by atoms with Crippen LogP contribution in [0.1, 0.15) is 24.5 Å². The molecule has 7 nitrogen and oxygen atoms in total. The minimum absolute atomic E-state index is 0.00380. The monoisotopic (exact) mass is 483 g/mol. The number of ether oxygens (including phenoxy) is 2. The van der Waals surface area contributed by atoms with Crippen molar-refractivity contribution in [1.82, 2.24) is 5.43 Å². The van der Waals surface area contributed by atoms with Crippen LogP contribution in [0.2, 0.25) is 5.02 Å². The van der Waals surface area contributed by atoms with Gasteiger partial charge in [-0.25, -0.2) is 9.82 Å². The number of rotatable bonds is 10. The summed E-state index contributed by atoms with van der Waals surface area (Å²) in [5.41, 5.74) is 3.76. The van der Waals surface area contributed by atoms with Crippen LogP contribution in [0.15, 0.2) is 71.8 Å². The molecule has 0 radical (unpaired) electrons. The molecule has 0 unspecified atom stereocenters. The van der Waals surface area contributed by atoms with Gasteiger partial charge in [-0.2, -0.15) is 5.10 Å². The summed E-state index contributed by atoms with van der Waals surface area (Å²) < 4.78 is 25.1. The smallest absolute Gasteiger partial charge is 0.249 e. The summed E-state index contributed by atoms with van der Waals surface area (Å²) in [6.45, 7) is 2.56. The Labute approximate surface area is 201 Å². The number of carbonyl (C=O) groups excluding carboxylic acids is 2. The largest absolute Gasteiger partial charge is 0.490 e. The summed E-state index contributed by atoms with van der Waals surface area (Å²) in [6, 6.07) is 18.3. The summed E-state index contributed by atoms with van der Waals surface area (Å²) in [5.74, 6) is -0.841. The third kappa shape index (κ3) is 7.31. The molecule has 3 rings (SSSR count). The first-order valence-corrected chi connectivity index (χ1v) is 10.8. The molecule has 0 spiro atoms. The standard InChI is InChI=1S/C25H23ClFN3O4/c1-2-33-23-13-17(11-12-22(23)34-16-18-7-3-4-8-19(18)26)15-28-30-25(32)14-24(31)29-21-10-6-5-9-20(21)27/h3-13,15H,2,14,16H2,1H3,(H,29,31)(H,30,32). The molecule has 0 saturated carbocycles. The van der Waals surface area contributed by atoms with Crippen LogP contribution in [0.4, 0.5) is 10.1 Å². The van der Waals surface area contributed by atoms with Crippen LogP contribution < -0.4 is 20.2 Å². The van der Waals surface area contributed by atoms with E-state index in [4.69, 9.17) is 21.1 Å². The van der Waals surface area contributed by atoms with E-state index in [1.165, 1.54) is 24.4 Å². The number of hydrogen-bond acceptors (Lipinski definition) is 5. The summed E-state index contributed by atoms with van der Waals surface area (Å²) in [5, 5.41) is 6.82. The number of halogens is 2. The molecule has 2 amide bonds. The minimum Gasteiger partial charge on any atom is -0.490 e. The van der Waals surface area contributed by atoms with Crippen LogP contribution in [0.5, 0.6) is 11.5 Å². The van der Waals surface area contributed by atoms with Gasteiger partial charge in [0, 0.05) is 10.6 Å². The Balaban J connectivity index is 1.55. The van der Waals surface area contributed by atoms with Crippen LogP contribution in [-0.2, 0) is 16.2 Å². The zero-order chi connectivity index (χ0) is 24.3. The second-order valence-electron chi connectivity index (χ2n) is 7.02. The van der Waals surface area contributed by atoms with Crippen molar-refractivity contribution in [2.45, 2.75) is 20.0 Å². The zero-order valence-corrected chi connectivity index (χ0v) is 19.1. The Hall–Kier alpha value is -3.91. The molecule has 0 saturated heterocycles. The SMILES string of the molecule is CCOc1cc(C=NNC(=O)CC(=O)Nc2ccccc2F)ccc1OCc1ccccc1Cl. The van der Waals surface area contributed by atoms with Crippen LogP contribution >= 0.6 is 11.6 Å². The number of anilines is 1. The zero-order valence-electron chi connectivity index (χ0n) is 18.4. The highest BCUT2D eigenvalue weighted by Crippen LogP contribution is 2.29. The van der Waals surface area contributed by atoms with Crippen molar-refractivity contribution >= 4 is 35.3 Å². The lowest BCUT2D eigenvalue weighted by atomic mass is 10.2. The fourth-order valence-corrected chi connectivity index (χ4v) is 3.07. The average Bonchev–Trinajstić information content (AvgIpc) is 2.81. The van der Waals surface area contributed by atoms with Crippen LogP contribution in [0.25, 0.3) is 0 Å². The van der Waals surface area contributed by atoms with Crippen molar-refractivity contribution in [1.29, 1.82) is 0 Å². The van der Waals surface area contributed by atoms with Gasteiger partial charge in [0.15, 0.2) is 11.5 Å². The second-order valence-corrected chi connectivity index (χ2v) is 7.42. The van der Waals surface area contributed by atoms with Gasteiger partial charge in [-0.1, -0.05) is 41.9 Å².